The van der Waals surface area contributed by atoms with Gasteiger partial charge in [-0.3, -0.25) is 0 Å². The zero-order valence-corrected chi connectivity index (χ0v) is 10.4. The van der Waals surface area contributed by atoms with E-state index in [0.29, 0.717) is 11.8 Å². The standard InChI is InChI=1S/C13H19ClO/c1-10(2)12(9-14)8-11-4-6-13(15-3)7-5-11/h4-7,10,12H,8-9H2,1-3H3. The first kappa shape index (κ1) is 12.4. The van der Waals surface area contributed by atoms with Crippen molar-refractivity contribution in [3.63, 3.8) is 0 Å². The molecule has 0 aliphatic carbocycles. The van der Waals surface area contributed by atoms with Crippen LogP contribution in [0, 0.1) is 11.8 Å². The smallest absolute Gasteiger partial charge is 0.118 e. The fourth-order valence-corrected chi connectivity index (χ4v) is 2.00. The van der Waals surface area contributed by atoms with Crippen LogP contribution in [-0.4, -0.2) is 13.0 Å². The molecule has 1 aromatic carbocycles. The highest BCUT2D eigenvalue weighted by Gasteiger charge is 2.12. The van der Waals surface area contributed by atoms with Crippen molar-refractivity contribution in [1.82, 2.24) is 0 Å². The predicted molar refractivity (Wildman–Crippen MR) is 65.7 cm³/mol. The van der Waals surface area contributed by atoms with Crippen molar-refractivity contribution in [3.8, 4) is 5.75 Å². The van der Waals surface area contributed by atoms with E-state index >= 15 is 0 Å². The molecule has 0 N–H and O–H groups in total. The molecule has 0 radical (unpaired) electrons. The van der Waals surface area contributed by atoms with Crippen molar-refractivity contribution in [2.24, 2.45) is 11.8 Å². The molecule has 2 heteroatoms. The van der Waals surface area contributed by atoms with Crippen molar-refractivity contribution in [2.75, 3.05) is 13.0 Å². The highest BCUT2D eigenvalue weighted by molar-refractivity contribution is 6.18. The van der Waals surface area contributed by atoms with Gasteiger partial charge in [0.25, 0.3) is 0 Å². The molecule has 0 aliphatic rings. The topological polar surface area (TPSA) is 9.23 Å². The highest BCUT2D eigenvalue weighted by atomic mass is 35.5. The van der Waals surface area contributed by atoms with Crippen LogP contribution in [-0.2, 0) is 6.42 Å². The molecule has 0 heterocycles. The van der Waals surface area contributed by atoms with Crippen LogP contribution in [0.3, 0.4) is 0 Å². The second-order valence-corrected chi connectivity index (χ2v) is 4.52. The molecule has 0 bridgehead atoms. The van der Waals surface area contributed by atoms with Gasteiger partial charge in [0, 0.05) is 5.88 Å². The van der Waals surface area contributed by atoms with Crippen LogP contribution in [0.15, 0.2) is 24.3 Å². The molecule has 1 rings (SSSR count). The van der Waals surface area contributed by atoms with Crippen molar-refractivity contribution in [3.05, 3.63) is 29.8 Å². The normalized spacial score (nSPS) is 12.9. The Bertz CT molecular complexity index is 279. The van der Waals surface area contributed by atoms with E-state index in [9.17, 15) is 0 Å². The van der Waals surface area contributed by atoms with Gasteiger partial charge in [0.1, 0.15) is 5.75 Å². The van der Waals surface area contributed by atoms with Crippen LogP contribution in [0.2, 0.25) is 0 Å². The molecular weight excluding hydrogens is 208 g/mol. The molecule has 1 nitrogen and oxygen atoms in total. The van der Waals surface area contributed by atoms with Gasteiger partial charge in [0.2, 0.25) is 0 Å². The number of ether oxygens (including phenoxy) is 1. The monoisotopic (exact) mass is 226 g/mol. The zero-order valence-electron chi connectivity index (χ0n) is 9.66. The molecule has 0 aliphatic heterocycles. The summed E-state index contributed by atoms with van der Waals surface area (Å²) in [5, 5.41) is 0. The SMILES string of the molecule is COc1ccc(CC(CCl)C(C)C)cc1. The summed E-state index contributed by atoms with van der Waals surface area (Å²) in [5.74, 6) is 2.82. The van der Waals surface area contributed by atoms with Gasteiger partial charge in [-0.1, -0.05) is 26.0 Å². The molecule has 0 saturated carbocycles. The highest BCUT2D eigenvalue weighted by Crippen LogP contribution is 2.20. The minimum absolute atomic E-state index is 0.556. The quantitative estimate of drug-likeness (QED) is 0.695. The fraction of sp³-hybridized carbons (Fsp3) is 0.538. The van der Waals surface area contributed by atoms with Gasteiger partial charge in [-0.15, -0.1) is 11.6 Å². The lowest BCUT2D eigenvalue weighted by molar-refractivity contribution is 0.412. The molecule has 0 spiro atoms. The number of hydrogen-bond donors (Lipinski definition) is 0. The van der Waals surface area contributed by atoms with E-state index in [0.717, 1.165) is 18.1 Å². The maximum Gasteiger partial charge on any atom is 0.118 e. The molecule has 84 valence electrons. The van der Waals surface area contributed by atoms with Crippen LogP contribution < -0.4 is 4.74 Å². The molecule has 15 heavy (non-hydrogen) atoms. The molecule has 1 aromatic rings. The molecular formula is C13H19ClO. The number of benzene rings is 1. The summed E-state index contributed by atoms with van der Waals surface area (Å²) in [6.45, 7) is 4.44. The molecule has 0 aromatic heterocycles. The first-order valence-corrected chi connectivity index (χ1v) is 5.89. The molecule has 0 amide bonds. The van der Waals surface area contributed by atoms with Gasteiger partial charge in [0.15, 0.2) is 0 Å². The summed E-state index contributed by atoms with van der Waals surface area (Å²) in [5.41, 5.74) is 1.33. The van der Waals surface area contributed by atoms with Gasteiger partial charge >= 0.3 is 0 Å². The summed E-state index contributed by atoms with van der Waals surface area (Å²) >= 11 is 5.95. The largest absolute Gasteiger partial charge is 0.497 e. The number of methoxy groups -OCH3 is 1. The van der Waals surface area contributed by atoms with Crippen molar-refractivity contribution < 1.29 is 4.74 Å². The summed E-state index contributed by atoms with van der Waals surface area (Å²) in [6.07, 6.45) is 1.05. The first-order chi connectivity index (χ1) is 7.17. The van der Waals surface area contributed by atoms with E-state index in [1.54, 1.807) is 7.11 Å². The maximum absolute atomic E-state index is 5.95. The lowest BCUT2D eigenvalue weighted by Gasteiger charge is -2.17. The summed E-state index contributed by atoms with van der Waals surface area (Å²) in [7, 11) is 1.69. The van der Waals surface area contributed by atoms with Gasteiger partial charge in [0.05, 0.1) is 7.11 Å². The Morgan fingerprint density at radius 2 is 1.80 bits per heavy atom. The van der Waals surface area contributed by atoms with E-state index in [4.69, 9.17) is 16.3 Å². The van der Waals surface area contributed by atoms with Gasteiger partial charge < -0.3 is 4.74 Å². The van der Waals surface area contributed by atoms with Crippen LogP contribution >= 0.6 is 11.6 Å². The van der Waals surface area contributed by atoms with Gasteiger partial charge in [-0.25, -0.2) is 0 Å². The van der Waals surface area contributed by atoms with E-state index < -0.39 is 0 Å². The van der Waals surface area contributed by atoms with Crippen LogP contribution in [0.5, 0.6) is 5.75 Å². The minimum Gasteiger partial charge on any atom is -0.497 e. The first-order valence-electron chi connectivity index (χ1n) is 5.36. The molecule has 1 atom stereocenters. The van der Waals surface area contributed by atoms with Crippen molar-refractivity contribution in [1.29, 1.82) is 0 Å². The fourth-order valence-electron chi connectivity index (χ4n) is 1.53. The lowest BCUT2D eigenvalue weighted by Crippen LogP contribution is -2.13. The number of alkyl halides is 1. The van der Waals surface area contributed by atoms with Crippen LogP contribution in [0.4, 0.5) is 0 Å². The Balaban J connectivity index is 2.63. The predicted octanol–water partition coefficient (Wildman–Crippen LogP) is 3.75. The van der Waals surface area contributed by atoms with E-state index in [-0.39, 0.29) is 0 Å². The Labute approximate surface area is 97.4 Å². The second kappa shape index (κ2) is 6.02. The van der Waals surface area contributed by atoms with Crippen LogP contribution in [0.1, 0.15) is 19.4 Å². The Morgan fingerprint density at radius 1 is 1.20 bits per heavy atom. The van der Waals surface area contributed by atoms with E-state index in [2.05, 4.69) is 26.0 Å². The number of halogens is 1. The molecule has 0 saturated heterocycles. The summed E-state index contributed by atoms with van der Waals surface area (Å²) in [4.78, 5) is 0. The third-order valence-electron chi connectivity index (χ3n) is 2.80. The molecule has 1 unspecified atom stereocenters. The Hall–Kier alpha value is -0.690. The third kappa shape index (κ3) is 3.75. The van der Waals surface area contributed by atoms with Crippen molar-refractivity contribution >= 4 is 11.6 Å². The van der Waals surface area contributed by atoms with E-state index in [1.165, 1.54) is 5.56 Å². The second-order valence-electron chi connectivity index (χ2n) is 4.21. The van der Waals surface area contributed by atoms with Crippen molar-refractivity contribution in [2.45, 2.75) is 20.3 Å². The Kier molecular flexibility index (Phi) is 4.97. The summed E-state index contributed by atoms with van der Waals surface area (Å²) < 4.78 is 5.12. The summed E-state index contributed by atoms with van der Waals surface area (Å²) in [6, 6.07) is 8.23. The number of hydrogen-bond acceptors (Lipinski definition) is 1. The zero-order chi connectivity index (χ0) is 11.3. The maximum atomic E-state index is 5.95. The molecule has 0 fully saturated rings. The Morgan fingerprint density at radius 3 is 2.20 bits per heavy atom. The van der Waals surface area contributed by atoms with E-state index in [1.807, 2.05) is 12.1 Å². The minimum atomic E-state index is 0.556. The average Bonchev–Trinajstić information content (AvgIpc) is 2.26. The number of rotatable bonds is 5. The lowest BCUT2D eigenvalue weighted by atomic mass is 9.91. The third-order valence-corrected chi connectivity index (χ3v) is 3.19. The van der Waals surface area contributed by atoms with Gasteiger partial charge in [-0.2, -0.15) is 0 Å². The average molecular weight is 227 g/mol. The van der Waals surface area contributed by atoms with Gasteiger partial charge in [-0.05, 0) is 36.0 Å². The van der Waals surface area contributed by atoms with Crippen LogP contribution in [0.25, 0.3) is 0 Å².